The van der Waals surface area contributed by atoms with Gasteiger partial charge < -0.3 is 9.64 Å². The standard InChI is InChI=1S/C17H17F3N4O3S/c18-17(19,20)15-10-16(22-11-21-15)23-4-6-24(7-5-23)28(25,26)13-1-2-14-12(9-13)3-8-27-14/h1-2,9-11H,3-8H2. The first kappa shape index (κ1) is 18.9. The van der Waals surface area contributed by atoms with E-state index in [2.05, 4.69) is 9.97 Å². The first-order chi connectivity index (χ1) is 13.2. The summed E-state index contributed by atoms with van der Waals surface area (Å²) in [6.07, 6.45) is -3.02. The van der Waals surface area contributed by atoms with Crippen LogP contribution in [0.4, 0.5) is 19.0 Å². The lowest BCUT2D eigenvalue weighted by Crippen LogP contribution is -2.49. The molecular formula is C17H17F3N4O3S. The Kier molecular flexibility index (Phi) is 4.66. The summed E-state index contributed by atoms with van der Waals surface area (Å²) in [5.74, 6) is 0.835. The first-order valence-electron chi connectivity index (χ1n) is 8.65. The average Bonchev–Trinajstić information content (AvgIpc) is 3.15. The zero-order valence-electron chi connectivity index (χ0n) is 14.7. The summed E-state index contributed by atoms with van der Waals surface area (Å²) in [6.45, 7) is 1.32. The summed E-state index contributed by atoms with van der Waals surface area (Å²) in [5.41, 5.74) is -0.159. The van der Waals surface area contributed by atoms with Crippen molar-refractivity contribution in [1.82, 2.24) is 14.3 Å². The molecule has 1 saturated heterocycles. The number of sulfonamides is 1. The molecule has 2 aliphatic rings. The molecule has 2 aromatic rings. The van der Waals surface area contributed by atoms with Crippen LogP contribution in [0.2, 0.25) is 0 Å². The van der Waals surface area contributed by atoms with E-state index in [0.717, 1.165) is 18.0 Å². The Bertz CT molecular complexity index is 989. The molecule has 0 saturated carbocycles. The molecule has 28 heavy (non-hydrogen) atoms. The summed E-state index contributed by atoms with van der Waals surface area (Å²) < 4.78 is 71.0. The van der Waals surface area contributed by atoms with Crippen LogP contribution in [-0.2, 0) is 22.6 Å². The smallest absolute Gasteiger partial charge is 0.433 e. The van der Waals surface area contributed by atoms with Crippen molar-refractivity contribution in [1.29, 1.82) is 0 Å². The summed E-state index contributed by atoms with van der Waals surface area (Å²) in [5, 5.41) is 0. The fourth-order valence-corrected chi connectivity index (χ4v) is 4.78. The van der Waals surface area contributed by atoms with E-state index in [0.29, 0.717) is 18.8 Å². The van der Waals surface area contributed by atoms with Gasteiger partial charge in [-0.1, -0.05) is 0 Å². The first-order valence-corrected chi connectivity index (χ1v) is 10.1. The molecule has 0 unspecified atom stereocenters. The zero-order chi connectivity index (χ0) is 19.9. The lowest BCUT2D eigenvalue weighted by molar-refractivity contribution is -0.141. The second-order valence-electron chi connectivity index (χ2n) is 6.52. The number of halogens is 3. The molecule has 3 heterocycles. The van der Waals surface area contributed by atoms with E-state index in [4.69, 9.17) is 4.74 Å². The highest BCUT2D eigenvalue weighted by Crippen LogP contribution is 2.31. The number of alkyl halides is 3. The highest BCUT2D eigenvalue weighted by atomic mass is 32.2. The van der Waals surface area contributed by atoms with Crippen LogP contribution in [-0.4, -0.2) is 55.5 Å². The molecule has 4 rings (SSSR count). The number of benzene rings is 1. The van der Waals surface area contributed by atoms with Gasteiger partial charge >= 0.3 is 6.18 Å². The third-order valence-corrected chi connectivity index (χ3v) is 6.70. The van der Waals surface area contributed by atoms with Crippen LogP contribution in [0.15, 0.2) is 35.5 Å². The molecular weight excluding hydrogens is 397 g/mol. The van der Waals surface area contributed by atoms with E-state index >= 15 is 0 Å². The maximum Gasteiger partial charge on any atom is 0.433 e. The molecule has 11 heteroatoms. The lowest BCUT2D eigenvalue weighted by Gasteiger charge is -2.34. The highest BCUT2D eigenvalue weighted by molar-refractivity contribution is 7.89. The van der Waals surface area contributed by atoms with Crippen molar-refractivity contribution in [3.8, 4) is 5.75 Å². The van der Waals surface area contributed by atoms with Crippen LogP contribution >= 0.6 is 0 Å². The number of hydrogen-bond donors (Lipinski definition) is 0. The van der Waals surface area contributed by atoms with Crippen molar-refractivity contribution >= 4 is 15.8 Å². The van der Waals surface area contributed by atoms with Crippen molar-refractivity contribution in [3.05, 3.63) is 41.9 Å². The van der Waals surface area contributed by atoms with E-state index in [1.165, 1.54) is 10.4 Å². The summed E-state index contributed by atoms with van der Waals surface area (Å²) in [4.78, 5) is 8.97. The number of piperazine rings is 1. The molecule has 0 N–H and O–H groups in total. The monoisotopic (exact) mass is 414 g/mol. The van der Waals surface area contributed by atoms with Gasteiger partial charge in [-0.15, -0.1) is 0 Å². The number of rotatable bonds is 3. The van der Waals surface area contributed by atoms with Gasteiger partial charge in [0.1, 0.15) is 23.6 Å². The number of ether oxygens (including phenoxy) is 1. The number of anilines is 1. The number of nitrogens with zero attached hydrogens (tertiary/aromatic N) is 4. The van der Waals surface area contributed by atoms with Crippen LogP contribution in [0.1, 0.15) is 11.3 Å². The Hall–Kier alpha value is -2.40. The molecule has 0 atom stereocenters. The molecule has 1 aromatic heterocycles. The molecule has 0 amide bonds. The van der Waals surface area contributed by atoms with E-state index in [1.807, 2.05) is 0 Å². The van der Waals surface area contributed by atoms with Gasteiger partial charge in [0.15, 0.2) is 0 Å². The molecule has 150 valence electrons. The number of aromatic nitrogens is 2. The Morgan fingerprint density at radius 3 is 2.50 bits per heavy atom. The second kappa shape index (κ2) is 6.89. The van der Waals surface area contributed by atoms with Gasteiger partial charge in [-0.25, -0.2) is 18.4 Å². The molecule has 1 fully saturated rings. The summed E-state index contributed by atoms with van der Waals surface area (Å²) >= 11 is 0. The van der Waals surface area contributed by atoms with Gasteiger partial charge in [0.05, 0.1) is 11.5 Å². The highest BCUT2D eigenvalue weighted by Gasteiger charge is 2.34. The molecule has 0 radical (unpaired) electrons. The zero-order valence-corrected chi connectivity index (χ0v) is 15.5. The SMILES string of the molecule is O=S(=O)(c1ccc2c(c1)CCO2)N1CCN(c2cc(C(F)(F)F)ncn2)CC1. The van der Waals surface area contributed by atoms with Gasteiger partial charge in [-0.2, -0.15) is 17.5 Å². The van der Waals surface area contributed by atoms with Crippen LogP contribution in [0.5, 0.6) is 5.75 Å². The fraction of sp³-hybridized carbons (Fsp3) is 0.412. The number of fused-ring (bicyclic) bond motifs is 1. The van der Waals surface area contributed by atoms with Crippen LogP contribution < -0.4 is 9.64 Å². The van der Waals surface area contributed by atoms with Crippen LogP contribution in [0.25, 0.3) is 0 Å². The van der Waals surface area contributed by atoms with Crippen LogP contribution in [0, 0.1) is 0 Å². The van der Waals surface area contributed by atoms with Gasteiger partial charge in [-0.05, 0) is 23.8 Å². The predicted molar refractivity (Wildman–Crippen MR) is 93.6 cm³/mol. The average molecular weight is 414 g/mol. The van der Waals surface area contributed by atoms with Crippen molar-refractivity contribution < 1.29 is 26.3 Å². The van der Waals surface area contributed by atoms with Gasteiger partial charge in [-0.3, -0.25) is 0 Å². The van der Waals surface area contributed by atoms with Gasteiger partial charge in [0, 0.05) is 38.7 Å². The summed E-state index contributed by atoms with van der Waals surface area (Å²) in [6, 6.07) is 5.69. The molecule has 7 nitrogen and oxygen atoms in total. The molecule has 2 aliphatic heterocycles. The minimum atomic E-state index is -4.56. The molecule has 1 aromatic carbocycles. The topological polar surface area (TPSA) is 75.6 Å². The minimum Gasteiger partial charge on any atom is -0.493 e. The Morgan fingerprint density at radius 2 is 1.79 bits per heavy atom. The quantitative estimate of drug-likeness (QED) is 0.764. The van der Waals surface area contributed by atoms with E-state index in [-0.39, 0.29) is 36.9 Å². The maximum atomic E-state index is 12.9. The Labute approximate surface area is 159 Å². The molecule has 0 bridgehead atoms. The van der Waals surface area contributed by atoms with Crippen LogP contribution in [0.3, 0.4) is 0 Å². The Balaban J connectivity index is 1.48. The summed E-state index contributed by atoms with van der Waals surface area (Å²) in [7, 11) is -3.68. The largest absolute Gasteiger partial charge is 0.493 e. The van der Waals surface area contributed by atoms with Crippen molar-refractivity contribution in [2.45, 2.75) is 17.5 Å². The van der Waals surface area contributed by atoms with Crippen molar-refractivity contribution in [2.75, 3.05) is 37.7 Å². The van der Waals surface area contributed by atoms with Gasteiger partial charge in [0.25, 0.3) is 0 Å². The fourth-order valence-electron chi connectivity index (χ4n) is 3.31. The predicted octanol–water partition coefficient (Wildman–Crippen LogP) is 1.94. The normalized spacial score (nSPS) is 18.0. The molecule has 0 aliphatic carbocycles. The lowest BCUT2D eigenvalue weighted by atomic mass is 10.2. The number of hydrogen-bond acceptors (Lipinski definition) is 6. The molecule has 0 spiro atoms. The minimum absolute atomic E-state index is 0.133. The third kappa shape index (κ3) is 3.51. The van der Waals surface area contributed by atoms with E-state index in [9.17, 15) is 21.6 Å². The Morgan fingerprint density at radius 1 is 1.04 bits per heavy atom. The second-order valence-corrected chi connectivity index (χ2v) is 8.46. The van der Waals surface area contributed by atoms with Crippen molar-refractivity contribution in [2.24, 2.45) is 0 Å². The van der Waals surface area contributed by atoms with E-state index < -0.39 is 21.9 Å². The van der Waals surface area contributed by atoms with Crippen molar-refractivity contribution in [3.63, 3.8) is 0 Å². The van der Waals surface area contributed by atoms with Gasteiger partial charge in [0.2, 0.25) is 10.0 Å². The maximum absolute atomic E-state index is 12.9. The third-order valence-electron chi connectivity index (χ3n) is 4.80. The van der Waals surface area contributed by atoms with E-state index in [1.54, 1.807) is 17.0 Å².